The molecule has 1 unspecified atom stereocenters. The van der Waals surface area contributed by atoms with Crippen molar-refractivity contribution in [2.75, 3.05) is 11.4 Å². The van der Waals surface area contributed by atoms with Gasteiger partial charge in [0.2, 0.25) is 5.95 Å². The van der Waals surface area contributed by atoms with Crippen LogP contribution in [0.3, 0.4) is 0 Å². The van der Waals surface area contributed by atoms with Crippen molar-refractivity contribution in [1.82, 2.24) is 14.5 Å². The van der Waals surface area contributed by atoms with Gasteiger partial charge in [0, 0.05) is 30.6 Å². The Labute approximate surface area is 186 Å². The third-order valence-electron chi connectivity index (χ3n) is 5.96. The largest absolute Gasteiger partial charge is 0.387 e. The van der Waals surface area contributed by atoms with Gasteiger partial charge in [0.05, 0.1) is 24.4 Å². The van der Waals surface area contributed by atoms with E-state index in [1.54, 1.807) is 23.0 Å². The summed E-state index contributed by atoms with van der Waals surface area (Å²) in [5, 5.41) is 11.1. The summed E-state index contributed by atoms with van der Waals surface area (Å²) in [5.74, 6) is 0.583. The number of hydrogen-bond acceptors (Lipinski definition) is 5. The molecule has 32 heavy (non-hydrogen) atoms. The summed E-state index contributed by atoms with van der Waals surface area (Å²) in [4.78, 5) is 24.1. The van der Waals surface area contributed by atoms with Crippen LogP contribution in [0.5, 0.6) is 0 Å². The van der Waals surface area contributed by atoms with Crippen LogP contribution in [-0.4, -0.2) is 26.2 Å². The molecule has 2 atom stereocenters. The van der Waals surface area contributed by atoms with Crippen LogP contribution in [0, 0.1) is 0 Å². The molecule has 0 saturated carbocycles. The Morgan fingerprint density at radius 1 is 0.969 bits per heavy atom. The van der Waals surface area contributed by atoms with Crippen molar-refractivity contribution in [1.29, 1.82) is 0 Å². The van der Waals surface area contributed by atoms with Gasteiger partial charge < -0.3 is 10.0 Å². The maximum Gasteiger partial charge on any atom is 0.255 e. The molecule has 1 aliphatic rings. The van der Waals surface area contributed by atoms with E-state index in [-0.39, 0.29) is 11.6 Å². The van der Waals surface area contributed by atoms with Crippen LogP contribution in [0.15, 0.2) is 96.1 Å². The van der Waals surface area contributed by atoms with E-state index < -0.39 is 6.10 Å². The molecule has 1 N–H and O–H groups in total. The number of benzene rings is 2. The summed E-state index contributed by atoms with van der Waals surface area (Å²) in [5.41, 5.74) is 3.33. The Balaban J connectivity index is 1.61. The first-order chi connectivity index (χ1) is 15.7. The van der Waals surface area contributed by atoms with Crippen molar-refractivity contribution < 1.29 is 5.11 Å². The predicted molar refractivity (Wildman–Crippen MR) is 124 cm³/mol. The topological polar surface area (TPSA) is 71.2 Å². The molecular formula is C26H24N4O2. The summed E-state index contributed by atoms with van der Waals surface area (Å²) in [6.45, 7) is 0.908. The van der Waals surface area contributed by atoms with Crippen LogP contribution < -0.4 is 10.5 Å². The molecule has 160 valence electrons. The lowest BCUT2D eigenvalue weighted by Gasteiger charge is -2.39. The molecule has 0 amide bonds. The maximum absolute atomic E-state index is 13.0. The highest BCUT2D eigenvalue weighted by molar-refractivity contribution is 5.60. The first kappa shape index (κ1) is 20.2. The van der Waals surface area contributed by atoms with Gasteiger partial charge in [-0.2, -0.15) is 0 Å². The number of aliphatic hydroxyl groups is 1. The van der Waals surface area contributed by atoms with Gasteiger partial charge in [0.15, 0.2) is 0 Å². The van der Waals surface area contributed by atoms with E-state index in [9.17, 15) is 9.90 Å². The van der Waals surface area contributed by atoms with E-state index >= 15 is 0 Å². The fraction of sp³-hybridized carbons (Fsp3) is 0.192. The van der Waals surface area contributed by atoms with Crippen molar-refractivity contribution in [3.8, 4) is 11.3 Å². The molecule has 0 radical (unpaired) electrons. The molecule has 0 aliphatic carbocycles. The fourth-order valence-corrected chi connectivity index (χ4v) is 4.34. The van der Waals surface area contributed by atoms with E-state index in [2.05, 4.69) is 22.0 Å². The number of aromatic nitrogens is 3. The van der Waals surface area contributed by atoms with Gasteiger partial charge in [-0.05, 0) is 29.7 Å². The quantitative estimate of drug-likeness (QED) is 0.525. The number of hydrogen-bond donors (Lipinski definition) is 1. The van der Waals surface area contributed by atoms with Gasteiger partial charge in [-0.15, -0.1) is 0 Å². The Morgan fingerprint density at radius 2 is 1.66 bits per heavy atom. The molecule has 2 aromatic carbocycles. The Kier molecular flexibility index (Phi) is 5.52. The molecule has 0 spiro atoms. The van der Waals surface area contributed by atoms with E-state index in [0.717, 1.165) is 23.1 Å². The van der Waals surface area contributed by atoms with E-state index in [1.165, 1.54) is 0 Å². The first-order valence-electron chi connectivity index (χ1n) is 10.8. The third kappa shape index (κ3) is 3.92. The number of β-amino-alcohol motifs (C(OH)–C–C–N with tert-alkyl or cyclic N) is 1. The molecule has 0 bridgehead atoms. The Morgan fingerprint density at radius 3 is 2.38 bits per heavy atom. The molecule has 6 heteroatoms. The number of fused-ring (bicyclic) bond motifs is 1. The molecule has 0 saturated heterocycles. The molecule has 6 nitrogen and oxygen atoms in total. The van der Waals surface area contributed by atoms with Crippen molar-refractivity contribution >= 4 is 5.95 Å². The van der Waals surface area contributed by atoms with Crippen LogP contribution in [0.4, 0.5) is 5.95 Å². The Hall–Kier alpha value is -3.77. The minimum Gasteiger partial charge on any atom is -0.387 e. The standard InChI is InChI=1S/C26H24N4O2/c31-24(21-9-5-2-6-10-21)18-30-23(20-7-3-1-4-8-20)13-16-29-25(32)17-22(28-26(29)30)19-11-14-27-15-12-19/h1-12,14-15,17,23-24,31H,13,16,18H2/t23?,24-/m1/s1. The molecule has 2 aromatic heterocycles. The number of anilines is 1. The highest BCUT2D eigenvalue weighted by Crippen LogP contribution is 2.35. The molecule has 1 aliphatic heterocycles. The number of nitrogens with zero attached hydrogens (tertiary/aromatic N) is 4. The van der Waals surface area contributed by atoms with Crippen LogP contribution in [-0.2, 0) is 6.54 Å². The maximum atomic E-state index is 13.0. The zero-order valence-corrected chi connectivity index (χ0v) is 17.6. The summed E-state index contributed by atoms with van der Waals surface area (Å²) < 4.78 is 1.71. The van der Waals surface area contributed by atoms with Crippen molar-refractivity contribution in [3.63, 3.8) is 0 Å². The second-order valence-electron chi connectivity index (χ2n) is 7.96. The molecule has 3 heterocycles. The normalized spacial score (nSPS) is 16.4. The molecule has 0 fully saturated rings. The van der Waals surface area contributed by atoms with Crippen LogP contribution >= 0.6 is 0 Å². The predicted octanol–water partition coefficient (Wildman–Crippen LogP) is 3.99. The minimum atomic E-state index is -0.713. The smallest absolute Gasteiger partial charge is 0.255 e. The lowest BCUT2D eigenvalue weighted by atomic mass is 9.99. The van der Waals surface area contributed by atoms with Gasteiger partial charge in [0.25, 0.3) is 5.56 Å². The third-order valence-corrected chi connectivity index (χ3v) is 5.96. The average molecular weight is 425 g/mol. The summed E-state index contributed by atoms with van der Waals surface area (Å²) in [6, 6.07) is 25.1. The van der Waals surface area contributed by atoms with Gasteiger partial charge in [-0.25, -0.2) is 4.98 Å². The monoisotopic (exact) mass is 424 g/mol. The summed E-state index contributed by atoms with van der Waals surface area (Å²) in [6.07, 6.45) is 3.43. The molecule has 5 rings (SSSR count). The SMILES string of the molecule is O=c1cc(-c2ccncc2)nc2n1CCC(c1ccccc1)N2C[C@@H](O)c1ccccc1. The van der Waals surface area contributed by atoms with Gasteiger partial charge >= 0.3 is 0 Å². The van der Waals surface area contributed by atoms with E-state index in [4.69, 9.17) is 4.98 Å². The summed E-state index contributed by atoms with van der Waals surface area (Å²) >= 11 is 0. The highest BCUT2D eigenvalue weighted by Gasteiger charge is 2.31. The second kappa shape index (κ2) is 8.77. The first-order valence-corrected chi connectivity index (χ1v) is 10.8. The number of aliphatic hydroxyl groups excluding tert-OH is 1. The second-order valence-corrected chi connectivity index (χ2v) is 7.96. The fourth-order valence-electron chi connectivity index (χ4n) is 4.34. The van der Waals surface area contributed by atoms with Crippen LogP contribution in [0.1, 0.15) is 29.7 Å². The van der Waals surface area contributed by atoms with Crippen LogP contribution in [0.2, 0.25) is 0 Å². The lowest BCUT2D eigenvalue weighted by molar-refractivity contribution is 0.176. The number of pyridine rings is 1. The average Bonchev–Trinajstić information content (AvgIpc) is 2.86. The lowest BCUT2D eigenvalue weighted by Crippen LogP contribution is -2.42. The zero-order chi connectivity index (χ0) is 21.9. The van der Waals surface area contributed by atoms with E-state index in [0.29, 0.717) is 24.7 Å². The molecule has 4 aromatic rings. The number of rotatable bonds is 5. The molecular weight excluding hydrogens is 400 g/mol. The minimum absolute atomic E-state index is 0.00847. The Bertz CT molecular complexity index is 1240. The highest BCUT2D eigenvalue weighted by atomic mass is 16.3. The van der Waals surface area contributed by atoms with Crippen molar-refractivity contribution in [3.05, 3.63) is 113 Å². The van der Waals surface area contributed by atoms with Crippen LogP contribution in [0.25, 0.3) is 11.3 Å². The van der Waals surface area contributed by atoms with Crippen molar-refractivity contribution in [2.24, 2.45) is 0 Å². The summed E-state index contributed by atoms with van der Waals surface area (Å²) in [7, 11) is 0. The van der Waals surface area contributed by atoms with Gasteiger partial charge in [0.1, 0.15) is 0 Å². The van der Waals surface area contributed by atoms with Gasteiger partial charge in [-0.3, -0.25) is 14.3 Å². The van der Waals surface area contributed by atoms with E-state index in [1.807, 2.05) is 60.7 Å². The zero-order valence-electron chi connectivity index (χ0n) is 17.6. The van der Waals surface area contributed by atoms with Gasteiger partial charge in [-0.1, -0.05) is 60.7 Å². The van der Waals surface area contributed by atoms with Crippen molar-refractivity contribution in [2.45, 2.75) is 25.1 Å².